The van der Waals surface area contributed by atoms with Crippen molar-refractivity contribution >= 4 is 10.2 Å². The summed E-state index contributed by atoms with van der Waals surface area (Å²) in [6, 6.07) is 5.33. The quantitative estimate of drug-likeness (QED) is 0.765. The van der Waals surface area contributed by atoms with Gasteiger partial charge in [-0.15, -0.1) is 0 Å². The van der Waals surface area contributed by atoms with E-state index in [1.807, 2.05) is 6.92 Å². The van der Waals surface area contributed by atoms with E-state index in [1.165, 1.54) is 42.5 Å². The molecule has 5 nitrogen and oxygen atoms in total. The lowest BCUT2D eigenvalue weighted by atomic mass is 9.96. The van der Waals surface area contributed by atoms with Gasteiger partial charge in [0.1, 0.15) is 11.4 Å². The molecular weight excluding hydrogens is 295 g/mol. The van der Waals surface area contributed by atoms with Crippen LogP contribution in [0.5, 0.6) is 0 Å². The molecule has 0 spiro atoms. The van der Waals surface area contributed by atoms with Gasteiger partial charge in [0, 0.05) is 20.1 Å². The van der Waals surface area contributed by atoms with Gasteiger partial charge in [-0.25, -0.2) is 4.39 Å². The van der Waals surface area contributed by atoms with Crippen molar-refractivity contribution in [2.45, 2.75) is 32.3 Å². The Kier molecular flexibility index (Phi) is 6.27. The second kappa shape index (κ2) is 7.31. The number of hydrogen-bond acceptors (Lipinski definition) is 3. The highest BCUT2D eigenvalue weighted by molar-refractivity contribution is 7.87. The molecule has 120 valence electrons. The van der Waals surface area contributed by atoms with E-state index < -0.39 is 21.6 Å². The second-order valence-corrected chi connectivity index (χ2v) is 7.14. The zero-order valence-corrected chi connectivity index (χ0v) is 13.5. The van der Waals surface area contributed by atoms with Crippen molar-refractivity contribution in [3.05, 3.63) is 35.6 Å². The van der Waals surface area contributed by atoms with E-state index in [-0.39, 0.29) is 6.54 Å². The summed E-state index contributed by atoms with van der Waals surface area (Å²) in [7, 11) is -2.14. The van der Waals surface area contributed by atoms with Gasteiger partial charge in [-0.05, 0) is 31.0 Å². The Morgan fingerprint density at radius 2 is 1.90 bits per heavy atom. The van der Waals surface area contributed by atoms with Gasteiger partial charge >= 0.3 is 0 Å². The summed E-state index contributed by atoms with van der Waals surface area (Å²) in [5, 5.41) is 10.3. The minimum Gasteiger partial charge on any atom is -0.384 e. The van der Waals surface area contributed by atoms with E-state index in [1.54, 1.807) is 0 Å². The highest BCUT2D eigenvalue weighted by Gasteiger charge is 2.27. The zero-order chi connectivity index (χ0) is 16.1. The molecule has 1 aromatic carbocycles. The molecule has 1 aromatic rings. The Morgan fingerprint density at radius 3 is 2.43 bits per heavy atom. The van der Waals surface area contributed by atoms with Crippen LogP contribution in [0.15, 0.2) is 24.3 Å². The van der Waals surface area contributed by atoms with Crippen LogP contribution in [0.2, 0.25) is 0 Å². The number of nitrogens with one attached hydrogen (secondary N) is 1. The second-order valence-electron chi connectivity index (χ2n) is 5.28. The average Bonchev–Trinajstić information content (AvgIpc) is 2.43. The van der Waals surface area contributed by atoms with Gasteiger partial charge in [0.15, 0.2) is 0 Å². The number of halogens is 1. The van der Waals surface area contributed by atoms with E-state index in [9.17, 15) is 17.9 Å². The molecule has 1 rings (SSSR count). The van der Waals surface area contributed by atoms with E-state index >= 15 is 0 Å². The minimum absolute atomic E-state index is 0.183. The molecule has 0 radical (unpaired) electrons. The summed E-state index contributed by atoms with van der Waals surface area (Å²) >= 11 is 0. The molecule has 7 heteroatoms. The first-order chi connectivity index (χ1) is 9.69. The maximum absolute atomic E-state index is 12.9. The van der Waals surface area contributed by atoms with Crippen molar-refractivity contribution in [3.8, 4) is 0 Å². The summed E-state index contributed by atoms with van der Waals surface area (Å²) < 4.78 is 40.5. The number of nitrogens with zero attached hydrogens (tertiary/aromatic N) is 1. The van der Waals surface area contributed by atoms with Gasteiger partial charge in [0.2, 0.25) is 0 Å². The highest BCUT2D eigenvalue weighted by atomic mass is 32.2. The molecule has 0 aliphatic heterocycles. The first-order valence-electron chi connectivity index (χ1n) is 6.88. The lowest BCUT2D eigenvalue weighted by Gasteiger charge is -2.26. The molecule has 1 unspecified atom stereocenters. The molecular formula is C14H23FN2O3S. The van der Waals surface area contributed by atoms with Crippen molar-refractivity contribution in [3.63, 3.8) is 0 Å². The Morgan fingerprint density at radius 1 is 1.33 bits per heavy atom. The zero-order valence-electron chi connectivity index (χ0n) is 12.6. The maximum atomic E-state index is 12.9. The van der Waals surface area contributed by atoms with Crippen LogP contribution < -0.4 is 4.72 Å². The van der Waals surface area contributed by atoms with Crippen LogP contribution in [-0.4, -0.2) is 38.0 Å². The summed E-state index contributed by atoms with van der Waals surface area (Å²) in [6.45, 7) is 3.70. The van der Waals surface area contributed by atoms with Gasteiger partial charge in [-0.3, -0.25) is 0 Å². The van der Waals surface area contributed by atoms with Crippen LogP contribution in [0.1, 0.15) is 32.3 Å². The molecule has 2 N–H and O–H groups in total. The normalized spacial score (nSPS) is 15.1. The first kappa shape index (κ1) is 18.0. The van der Waals surface area contributed by atoms with E-state index in [0.717, 1.165) is 12.8 Å². The van der Waals surface area contributed by atoms with Crippen LogP contribution >= 0.6 is 0 Å². The average molecular weight is 318 g/mol. The molecule has 0 heterocycles. The predicted octanol–water partition coefficient (Wildman–Crippen LogP) is 1.60. The van der Waals surface area contributed by atoms with Crippen LogP contribution in [0, 0.1) is 5.82 Å². The molecule has 0 aliphatic carbocycles. The summed E-state index contributed by atoms with van der Waals surface area (Å²) in [5.74, 6) is -0.408. The molecule has 0 amide bonds. The lowest BCUT2D eigenvalue weighted by molar-refractivity contribution is 0.0623. The number of hydrogen-bond donors (Lipinski definition) is 2. The molecule has 0 aromatic heterocycles. The molecule has 0 saturated carbocycles. The third-order valence-corrected chi connectivity index (χ3v) is 4.81. The summed E-state index contributed by atoms with van der Waals surface area (Å²) in [6.07, 6.45) is 1.67. The smallest absolute Gasteiger partial charge is 0.279 e. The topological polar surface area (TPSA) is 69.6 Å². The van der Waals surface area contributed by atoms with E-state index in [4.69, 9.17) is 0 Å². The number of benzene rings is 1. The summed E-state index contributed by atoms with van der Waals surface area (Å²) in [5.41, 5.74) is -0.963. The third-order valence-electron chi connectivity index (χ3n) is 3.30. The highest BCUT2D eigenvalue weighted by Crippen LogP contribution is 2.20. The van der Waals surface area contributed by atoms with E-state index in [0.29, 0.717) is 12.1 Å². The predicted molar refractivity (Wildman–Crippen MR) is 80.4 cm³/mol. The fourth-order valence-corrected chi connectivity index (χ4v) is 2.81. The number of unbranched alkanes of at least 4 members (excludes halogenated alkanes) is 1. The fraction of sp³-hybridized carbons (Fsp3) is 0.571. The van der Waals surface area contributed by atoms with Crippen molar-refractivity contribution in [2.75, 3.05) is 20.1 Å². The Labute approximate surface area is 126 Å². The monoisotopic (exact) mass is 318 g/mol. The maximum Gasteiger partial charge on any atom is 0.279 e. The van der Waals surface area contributed by atoms with Gasteiger partial charge in [-0.2, -0.15) is 17.4 Å². The van der Waals surface area contributed by atoms with Crippen LogP contribution in [0.4, 0.5) is 4.39 Å². The van der Waals surface area contributed by atoms with Crippen LogP contribution in [0.25, 0.3) is 0 Å². The molecule has 0 bridgehead atoms. The standard InChI is InChI=1S/C14H23FN2O3S/c1-4-5-10-17(3)21(19,20)16-11-14(2,18)12-6-8-13(15)9-7-12/h6-9,16,18H,4-5,10-11H2,1-3H3. The number of rotatable bonds is 8. The molecule has 0 fully saturated rings. The lowest BCUT2D eigenvalue weighted by Crippen LogP contribution is -2.44. The SMILES string of the molecule is CCCCN(C)S(=O)(=O)NCC(C)(O)c1ccc(F)cc1. The van der Waals surface area contributed by atoms with Crippen LogP contribution in [0.3, 0.4) is 0 Å². The van der Waals surface area contributed by atoms with Crippen molar-refractivity contribution < 1.29 is 17.9 Å². The fourth-order valence-electron chi connectivity index (χ4n) is 1.75. The van der Waals surface area contributed by atoms with Crippen molar-refractivity contribution in [2.24, 2.45) is 0 Å². The van der Waals surface area contributed by atoms with E-state index in [2.05, 4.69) is 4.72 Å². The first-order valence-corrected chi connectivity index (χ1v) is 8.32. The minimum atomic E-state index is -3.63. The Hall–Kier alpha value is -1.02. The molecule has 21 heavy (non-hydrogen) atoms. The van der Waals surface area contributed by atoms with Gasteiger partial charge in [0.25, 0.3) is 10.2 Å². The third kappa shape index (κ3) is 5.35. The largest absolute Gasteiger partial charge is 0.384 e. The van der Waals surface area contributed by atoms with Gasteiger partial charge < -0.3 is 5.11 Å². The summed E-state index contributed by atoms with van der Waals surface area (Å²) in [4.78, 5) is 0. The number of aliphatic hydroxyl groups is 1. The molecule has 1 atom stereocenters. The molecule has 0 saturated heterocycles. The van der Waals surface area contributed by atoms with Crippen molar-refractivity contribution in [1.29, 1.82) is 0 Å². The van der Waals surface area contributed by atoms with Gasteiger partial charge in [0.05, 0.1) is 0 Å². The Balaban J connectivity index is 2.70. The van der Waals surface area contributed by atoms with Crippen LogP contribution in [-0.2, 0) is 15.8 Å². The van der Waals surface area contributed by atoms with Gasteiger partial charge in [-0.1, -0.05) is 25.5 Å². The Bertz CT molecular complexity index is 544. The molecule has 0 aliphatic rings. The van der Waals surface area contributed by atoms with Crippen molar-refractivity contribution in [1.82, 2.24) is 9.03 Å².